The highest BCUT2D eigenvalue weighted by Gasteiger charge is 2.22. The number of aromatic nitrogens is 2. The van der Waals surface area contributed by atoms with Crippen LogP contribution in [0, 0.1) is 0 Å². The van der Waals surface area contributed by atoms with Crippen LogP contribution < -0.4 is 15.0 Å². The number of imide groups is 1. The highest BCUT2D eigenvalue weighted by atomic mass is 16.5. The smallest absolute Gasteiger partial charge is 0.302 e. The Hall–Kier alpha value is -3.49. The number of nitrogens with one attached hydrogen (secondary N) is 1. The second-order valence-corrected chi connectivity index (χ2v) is 6.96. The normalized spacial score (nSPS) is 11.4. The summed E-state index contributed by atoms with van der Waals surface area (Å²) < 4.78 is 11.0. The zero-order valence-electron chi connectivity index (χ0n) is 18.3. The molecule has 1 heterocycles. The van der Waals surface area contributed by atoms with E-state index in [4.69, 9.17) is 9.47 Å². The second kappa shape index (κ2) is 11.6. The molecule has 31 heavy (non-hydrogen) atoms. The molecule has 1 aromatic heterocycles. The Morgan fingerprint density at radius 3 is 2.35 bits per heavy atom. The highest BCUT2D eigenvalue weighted by molar-refractivity contribution is 6.11. The molecule has 1 N–H and O–H groups in total. The molecular weight excluding hydrogens is 400 g/mol. The van der Waals surface area contributed by atoms with Crippen LogP contribution in [0.25, 0.3) is 0 Å². The number of carbonyl (C=O) groups excluding carboxylic acids is 3. The fourth-order valence-corrected chi connectivity index (χ4v) is 2.87. The van der Waals surface area contributed by atoms with E-state index in [0.717, 1.165) is 16.9 Å². The van der Waals surface area contributed by atoms with Gasteiger partial charge in [0, 0.05) is 20.8 Å². The van der Waals surface area contributed by atoms with Crippen molar-refractivity contribution in [1.82, 2.24) is 9.97 Å². The van der Waals surface area contributed by atoms with Crippen LogP contribution >= 0.6 is 0 Å². The first-order valence-electron chi connectivity index (χ1n) is 10.1. The SMILES string of the molecule is CCC[C@@H](COC(C)=O)Nc1nc(N(C(C)=O)C(C)=O)ncc1OCc1ccccc1. The van der Waals surface area contributed by atoms with Crippen molar-refractivity contribution < 1.29 is 23.9 Å². The number of benzene rings is 1. The van der Waals surface area contributed by atoms with E-state index in [9.17, 15) is 14.4 Å². The Balaban J connectivity index is 2.34. The minimum atomic E-state index is -0.499. The predicted octanol–water partition coefficient (Wildman–Crippen LogP) is 3.10. The molecule has 166 valence electrons. The fourth-order valence-electron chi connectivity index (χ4n) is 2.87. The quantitative estimate of drug-likeness (QED) is 0.575. The monoisotopic (exact) mass is 428 g/mol. The van der Waals surface area contributed by atoms with Gasteiger partial charge in [0.1, 0.15) is 13.2 Å². The van der Waals surface area contributed by atoms with Crippen LogP contribution in [-0.4, -0.2) is 40.4 Å². The molecule has 0 aliphatic heterocycles. The number of nitrogens with zero attached hydrogens (tertiary/aromatic N) is 3. The van der Waals surface area contributed by atoms with Crippen molar-refractivity contribution in [3.63, 3.8) is 0 Å². The molecule has 0 saturated heterocycles. The van der Waals surface area contributed by atoms with Gasteiger partial charge < -0.3 is 14.8 Å². The first-order valence-corrected chi connectivity index (χ1v) is 10.1. The molecule has 2 rings (SSSR count). The van der Waals surface area contributed by atoms with Gasteiger partial charge >= 0.3 is 5.97 Å². The zero-order valence-corrected chi connectivity index (χ0v) is 18.3. The van der Waals surface area contributed by atoms with E-state index < -0.39 is 11.8 Å². The van der Waals surface area contributed by atoms with Gasteiger partial charge in [0.2, 0.25) is 17.8 Å². The summed E-state index contributed by atoms with van der Waals surface area (Å²) in [5, 5.41) is 3.21. The van der Waals surface area contributed by atoms with Gasteiger partial charge in [-0.05, 0) is 12.0 Å². The lowest BCUT2D eigenvalue weighted by Crippen LogP contribution is -2.35. The lowest BCUT2D eigenvalue weighted by atomic mass is 10.2. The summed E-state index contributed by atoms with van der Waals surface area (Å²) in [5.41, 5.74) is 0.955. The lowest BCUT2D eigenvalue weighted by molar-refractivity contribution is -0.141. The summed E-state index contributed by atoms with van der Waals surface area (Å²) in [6, 6.07) is 9.35. The van der Waals surface area contributed by atoms with Crippen molar-refractivity contribution in [3.8, 4) is 5.75 Å². The molecule has 0 aliphatic rings. The summed E-state index contributed by atoms with van der Waals surface area (Å²) >= 11 is 0. The van der Waals surface area contributed by atoms with E-state index in [1.807, 2.05) is 37.3 Å². The van der Waals surface area contributed by atoms with Crippen molar-refractivity contribution in [1.29, 1.82) is 0 Å². The van der Waals surface area contributed by atoms with Gasteiger partial charge in [-0.3, -0.25) is 14.4 Å². The molecular formula is C22H28N4O5. The maximum atomic E-state index is 11.9. The largest absolute Gasteiger partial charge is 0.483 e. The van der Waals surface area contributed by atoms with Crippen molar-refractivity contribution in [3.05, 3.63) is 42.1 Å². The molecule has 0 radical (unpaired) electrons. The zero-order chi connectivity index (χ0) is 22.8. The van der Waals surface area contributed by atoms with Crippen LogP contribution in [0.3, 0.4) is 0 Å². The molecule has 0 saturated carbocycles. The van der Waals surface area contributed by atoms with Gasteiger partial charge in [0.25, 0.3) is 0 Å². The summed E-state index contributed by atoms with van der Waals surface area (Å²) in [6.07, 6.45) is 2.96. The molecule has 2 aromatic rings. The second-order valence-electron chi connectivity index (χ2n) is 6.96. The number of esters is 1. The van der Waals surface area contributed by atoms with E-state index in [0.29, 0.717) is 18.0 Å². The number of hydrogen-bond acceptors (Lipinski definition) is 8. The van der Waals surface area contributed by atoms with Crippen molar-refractivity contribution >= 4 is 29.5 Å². The Kier molecular flexibility index (Phi) is 8.93. The summed E-state index contributed by atoms with van der Waals surface area (Å²) in [5.74, 6) is -0.783. The van der Waals surface area contributed by atoms with Crippen LogP contribution in [0.2, 0.25) is 0 Å². The van der Waals surface area contributed by atoms with Crippen molar-refractivity contribution in [2.24, 2.45) is 0 Å². The Morgan fingerprint density at radius 1 is 1.10 bits per heavy atom. The molecule has 0 unspecified atom stereocenters. The van der Waals surface area contributed by atoms with Crippen molar-refractivity contribution in [2.45, 2.75) is 53.2 Å². The van der Waals surface area contributed by atoms with Crippen LogP contribution in [0.1, 0.15) is 46.1 Å². The highest BCUT2D eigenvalue weighted by Crippen LogP contribution is 2.26. The molecule has 0 fully saturated rings. The molecule has 0 spiro atoms. The molecule has 2 amide bonds. The number of rotatable bonds is 10. The Bertz CT molecular complexity index is 890. The van der Waals surface area contributed by atoms with E-state index >= 15 is 0 Å². The Morgan fingerprint density at radius 2 is 1.77 bits per heavy atom. The van der Waals surface area contributed by atoms with Crippen LogP contribution in [0.5, 0.6) is 5.75 Å². The third-order valence-corrected chi connectivity index (χ3v) is 4.28. The van der Waals surface area contributed by atoms with Gasteiger partial charge in [0.15, 0.2) is 11.6 Å². The number of hydrogen-bond donors (Lipinski definition) is 1. The number of anilines is 2. The predicted molar refractivity (Wildman–Crippen MR) is 116 cm³/mol. The van der Waals surface area contributed by atoms with E-state index in [2.05, 4.69) is 15.3 Å². The number of carbonyl (C=O) groups is 3. The molecule has 0 bridgehead atoms. The third-order valence-electron chi connectivity index (χ3n) is 4.28. The number of ether oxygens (including phenoxy) is 2. The molecule has 1 atom stereocenters. The van der Waals surface area contributed by atoms with Crippen LogP contribution in [0.4, 0.5) is 11.8 Å². The standard InChI is InChI=1S/C22H28N4O5/c1-5-9-19(14-30-17(4)29)24-21-20(31-13-18-10-7-6-8-11-18)12-23-22(25-21)26(15(2)27)16(3)28/h6-8,10-12,19H,5,9,13-14H2,1-4H3,(H,23,24,25)/t19-/m0/s1. The van der Waals surface area contributed by atoms with Crippen LogP contribution in [-0.2, 0) is 25.7 Å². The van der Waals surface area contributed by atoms with E-state index in [-0.39, 0.29) is 31.2 Å². The summed E-state index contributed by atoms with van der Waals surface area (Å²) in [4.78, 5) is 44.5. The molecule has 1 aromatic carbocycles. The topological polar surface area (TPSA) is 111 Å². The minimum absolute atomic E-state index is 0.0581. The maximum Gasteiger partial charge on any atom is 0.302 e. The first kappa shape index (κ1) is 23.8. The fraction of sp³-hybridized carbons (Fsp3) is 0.409. The Labute approximate surface area is 181 Å². The molecule has 0 aliphatic carbocycles. The van der Waals surface area contributed by atoms with Gasteiger partial charge in [0.05, 0.1) is 12.2 Å². The first-order chi connectivity index (χ1) is 14.8. The van der Waals surface area contributed by atoms with E-state index in [1.54, 1.807) is 0 Å². The van der Waals surface area contributed by atoms with Gasteiger partial charge in [-0.2, -0.15) is 4.98 Å². The van der Waals surface area contributed by atoms with Crippen molar-refractivity contribution in [2.75, 3.05) is 16.8 Å². The maximum absolute atomic E-state index is 11.9. The average molecular weight is 428 g/mol. The van der Waals surface area contributed by atoms with Gasteiger partial charge in [-0.25, -0.2) is 9.88 Å². The third kappa shape index (κ3) is 7.36. The van der Waals surface area contributed by atoms with Crippen LogP contribution in [0.15, 0.2) is 36.5 Å². The lowest BCUT2D eigenvalue weighted by Gasteiger charge is -2.22. The van der Waals surface area contributed by atoms with Gasteiger partial charge in [-0.1, -0.05) is 43.7 Å². The van der Waals surface area contributed by atoms with Gasteiger partial charge in [-0.15, -0.1) is 0 Å². The summed E-state index contributed by atoms with van der Waals surface area (Å²) in [6.45, 7) is 6.30. The minimum Gasteiger partial charge on any atom is -0.483 e. The van der Waals surface area contributed by atoms with E-state index in [1.165, 1.54) is 27.0 Å². The summed E-state index contributed by atoms with van der Waals surface area (Å²) in [7, 11) is 0. The molecule has 9 nitrogen and oxygen atoms in total. The average Bonchev–Trinajstić information content (AvgIpc) is 2.72. The number of amides is 2. The molecule has 9 heteroatoms.